The van der Waals surface area contributed by atoms with E-state index in [4.69, 9.17) is 4.74 Å². The fourth-order valence-electron chi connectivity index (χ4n) is 4.70. The van der Waals surface area contributed by atoms with Gasteiger partial charge in [-0.3, -0.25) is 4.72 Å². The number of fused-ring (bicyclic) bond motifs is 6. The first kappa shape index (κ1) is 27.4. The molecule has 1 aromatic carbocycles. The number of halogens is 3. The van der Waals surface area contributed by atoms with Crippen molar-refractivity contribution in [2.75, 3.05) is 42.5 Å². The summed E-state index contributed by atoms with van der Waals surface area (Å²) in [7, 11) is -4.29. The van der Waals surface area contributed by atoms with E-state index < -0.39 is 21.8 Å². The van der Waals surface area contributed by atoms with Crippen LogP contribution in [0.3, 0.4) is 0 Å². The number of aliphatic hydroxyl groups excluding tert-OH is 1. The average Bonchev–Trinajstić information content (AvgIpc) is 3.69. The minimum atomic E-state index is -4.69. The van der Waals surface area contributed by atoms with Gasteiger partial charge < -0.3 is 14.7 Å². The largest absolute Gasteiger partial charge is 0.418 e. The standard InChI is InChI=1S/C27H29F3N4O4S/c28-27(29,30)21-10-11-22-31-25(21)20-7-2-1-5-19(20)6-4-15-38-16-14-34(17-26(18-35)12-13-26)23-8-3-9-24(32-23)39(36,37)33-22/h1-3,5,7-11,35H,4,6,12-18H2,(H,31,33). The van der Waals surface area contributed by atoms with Gasteiger partial charge in [0.1, 0.15) is 11.6 Å². The Balaban J connectivity index is 1.57. The van der Waals surface area contributed by atoms with E-state index in [0.717, 1.165) is 25.0 Å². The predicted octanol–water partition coefficient (Wildman–Crippen LogP) is 4.50. The van der Waals surface area contributed by atoms with Crippen LogP contribution in [-0.2, 0) is 27.4 Å². The van der Waals surface area contributed by atoms with Crippen molar-refractivity contribution in [3.63, 3.8) is 0 Å². The van der Waals surface area contributed by atoms with E-state index >= 15 is 0 Å². The smallest absolute Gasteiger partial charge is 0.396 e. The van der Waals surface area contributed by atoms with Crippen molar-refractivity contribution in [2.45, 2.75) is 36.9 Å². The van der Waals surface area contributed by atoms with E-state index in [1.54, 1.807) is 36.4 Å². The first-order chi connectivity index (χ1) is 18.6. The summed E-state index contributed by atoms with van der Waals surface area (Å²) in [5, 5.41) is 9.56. The molecule has 5 rings (SSSR count). The topological polar surface area (TPSA) is 105 Å². The van der Waals surface area contributed by atoms with Crippen LogP contribution in [0.1, 0.15) is 30.4 Å². The quantitative estimate of drug-likeness (QED) is 0.484. The molecule has 1 saturated carbocycles. The Labute approximate surface area is 224 Å². The zero-order chi connectivity index (χ0) is 27.7. The number of nitrogens with zero attached hydrogens (tertiary/aromatic N) is 3. The summed E-state index contributed by atoms with van der Waals surface area (Å²) in [5.74, 6) is 0.153. The van der Waals surface area contributed by atoms with E-state index in [9.17, 15) is 26.7 Å². The Bertz CT molecular complexity index is 1440. The molecule has 0 spiro atoms. The van der Waals surface area contributed by atoms with Gasteiger partial charge in [0.2, 0.25) is 0 Å². The van der Waals surface area contributed by atoms with Gasteiger partial charge in [0.25, 0.3) is 10.0 Å². The number of aliphatic hydroxyl groups is 1. The summed E-state index contributed by atoms with van der Waals surface area (Å²) in [4.78, 5) is 10.4. The van der Waals surface area contributed by atoms with Crippen molar-refractivity contribution in [2.24, 2.45) is 5.41 Å². The van der Waals surface area contributed by atoms with Gasteiger partial charge in [-0.15, -0.1) is 0 Å². The third-order valence-electron chi connectivity index (χ3n) is 7.08. The van der Waals surface area contributed by atoms with E-state index in [2.05, 4.69) is 14.7 Å². The lowest BCUT2D eigenvalue weighted by atomic mass is 9.97. The highest BCUT2D eigenvalue weighted by Crippen LogP contribution is 2.46. The molecule has 2 N–H and O–H groups in total. The first-order valence-corrected chi connectivity index (χ1v) is 14.2. The lowest BCUT2D eigenvalue weighted by molar-refractivity contribution is -0.137. The highest BCUT2D eigenvalue weighted by molar-refractivity contribution is 7.92. The first-order valence-electron chi connectivity index (χ1n) is 12.7. The van der Waals surface area contributed by atoms with E-state index in [1.807, 2.05) is 4.90 Å². The molecule has 8 nitrogen and oxygen atoms in total. The normalized spacial score (nSPS) is 18.9. The van der Waals surface area contributed by atoms with Crippen molar-refractivity contribution < 1.29 is 31.4 Å². The van der Waals surface area contributed by atoms with Gasteiger partial charge in [-0.1, -0.05) is 30.3 Å². The number of sulfonamides is 1. The van der Waals surface area contributed by atoms with Gasteiger partial charge >= 0.3 is 6.18 Å². The number of pyridine rings is 2. The number of rotatable bonds is 3. The second kappa shape index (κ2) is 10.7. The number of anilines is 2. The fourth-order valence-corrected chi connectivity index (χ4v) is 5.67. The lowest BCUT2D eigenvalue weighted by Crippen LogP contribution is -2.36. The van der Waals surface area contributed by atoms with Gasteiger partial charge in [-0.2, -0.15) is 21.6 Å². The number of nitrogens with one attached hydrogen (secondary N) is 1. The molecule has 1 fully saturated rings. The molecule has 0 amide bonds. The Morgan fingerprint density at radius 2 is 1.82 bits per heavy atom. The van der Waals surface area contributed by atoms with Crippen molar-refractivity contribution in [3.8, 4) is 11.3 Å². The van der Waals surface area contributed by atoms with Crippen LogP contribution in [0, 0.1) is 5.41 Å². The van der Waals surface area contributed by atoms with Gasteiger partial charge in [0.15, 0.2) is 5.03 Å². The molecule has 2 aromatic heterocycles. The molecule has 1 aliphatic heterocycles. The van der Waals surface area contributed by atoms with Gasteiger partial charge in [-0.25, -0.2) is 9.97 Å². The SMILES string of the molecule is O=S1(=O)Nc2ccc(C(F)(F)F)c(n2)-c2ccccc2CCCOCCN(CC2(CO)CC2)c2cccc1n2. The molecule has 39 heavy (non-hydrogen) atoms. The number of aryl methyl sites for hydroxylation is 1. The summed E-state index contributed by atoms with van der Waals surface area (Å²) < 4.78 is 76.6. The lowest BCUT2D eigenvalue weighted by Gasteiger charge is -2.28. The maximum Gasteiger partial charge on any atom is 0.418 e. The molecule has 0 atom stereocenters. The molecule has 208 valence electrons. The zero-order valence-electron chi connectivity index (χ0n) is 21.1. The van der Waals surface area contributed by atoms with E-state index in [0.29, 0.717) is 50.5 Å². The van der Waals surface area contributed by atoms with E-state index in [-0.39, 0.29) is 34.1 Å². The highest BCUT2D eigenvalue weighted by atomic mass is 32.2. The summed E-state index contributed by atoms with van der Waals surface area (Å²) in [6, 6.07) is 13.1. The molecule has 2 aliphatic rings. The molecule has 1 aliphatic carbocycles. The second-order valence-electron chi connectivity index (χ2n) is 9.98. The van der Waals surface area contributed by atoms with Crippen LogP contribution in [0.4, 0.5) is 24.8 Å². The van der Waals surface area contributed by atoms with Crippen molar-refractivity contribution in [1.82, 2.24) is 9.97 Å². The average molecular weight is 563 g/mol. The number of alkyl halides is 3. The summed E-state index contributed by atoms with van der Waals surface area (Å²) >= 11 is 0. The van der Waals surface area contributed by atoms with Crippen molar-refractivity contribution in [1.29, 1.82) is 0 Å². The monoisotopic (exact) mass is 562 g/mol. The molecule has 4 bridgehead atoms. The van der Waals surface area contributed by atoms with Crippen LogP contribution < -0.4 is 9.62 Å². The summed E-state index contributed by atoms with van der Waals surface area (Å²) in [6.07, 6.45) is -1.95. The number of hydrogen-bond acceptors (Lipinski definition) is 7. The third kappa shape index (κ3) is 6.18. The third-order valence-corrected chi connectivity index (χ3v) is 8.34. The Kier molecular flexibility index (Phi) is 7.53. The molecule has 0 unspecified atom stereocenters. The Morgan fingerprint density at radius 1 is 1.03 bits per heavy atom. The number of hydrogen-bond donors (Lipinski definition) is 2. The molecular weight excluding hydrogens is 533 g/mol. The molecule has 12 heteroatoms. The number of ether oxygens (including phenoxy) is 1. The van der Waals surface area contributed by atoms with Crippen molar-refractivity contribution in [3.05, 3.63) is 65.7 Å². The van der Waals surface area contributed by atoms with Gasteiger partial charge in [0, 0.05) is 30.7 Å². The fraction of sp³-hybridized carbons (Fsp3) is 0.407. The van der Waals surface area contributed by atoms with Crippen LogP contribution in [0.2, 0.25) is 0 Å². The zero-order valence-corrected chi connectivity index (χ0v) is 21.9. The number of aromatic nitrogens is 2. The van der Waals surface area contributed by atoms with E-state index in [1.165, 1.54) is 6.07 Å². The molecule has 3 aromatic rings. The summed E-state index contributed by atoms with van der Waals surface area (Å²) in [6.45, 7) is 1.66. The maximum atomic E-state index is 14.0. The Hall–Kier alpha value is -3.22. The van der Waals surface area contributed by atoms with Crippen LogP contribution in [0.5, 0.6) is 0 Å². The van der Waals surface area contributed by atoms with Crippen LogP contribution in [0.15, 0.2) is 59.6 Å². The number of benzene rings is 1. The molecule has 0 saturated heterocycles. The minimum Gasteiger partial charge on any atom is -0.396 e. The van der Waals surface area contributed by atoms with Gasteiger partial charge in [0.05, 0.1) is 24.5 Å². The molecular formula is C27H29F3N4O4S. The Morgan fingerprint density at radius 3 is 2.56 bits per heavy atom. The van der Waals surface area contributed by atoms with Gasteiger partial charge in [-0.05, 0) is 55.5 Å². The predicted molar refractivity (Wildman–Crippen MR) is 140 cm³/mol. The van der Waals surface area contributed by atoms with Crippen LogP contribution in [0.25, 0.3) is 11.3 Å². The molecule has 0 radical (unpaired) electrons. The van der Waals surface area contributed by atoms with Crippen molar-refractivity contribution >= 4 is 21.7 Å². The maximum absolute atomic E-state index is 14.0. The molecule has 3 heterocycles. The van der Waals surface area contributed by atoms with Crippen LogP contribution in [-0.4, -0.2) is 56.4 Å². The second-order valence-corrected chi connectivity index (χ2v) is 11.6. The summed E-state index contributed by atoms with van der Waals surface area (Å²) in [5.41, 5.74) is -0.634. The van der Waals surface area contributed by atoms with Crippen LogP contribution >= 0.6 is 0 Å². The minimum absolute atomic E-state index is 0.0191. The highest BCUT2D eigenvalue weighted by Gasteiger charge is 2.43.